The maximum absolute atomic E-state index is 5.82. The molecule has 3 nitrogen and oxygen atoms in total. The molecule has 0 fully saturated rings. The van der Waals surface area contributed by atoms with Crippen LogP contribution < -0.4 is 5.32 Å². The van der Waals surface area contributed by atoms with Crippen molar-refractivity contribution in [2.24, 2.45) is 5.16 Å². The highest BCUT2D eigenvalue weighted by Crippen LogP contribution is 2.17. The number of halogens is 1. The van der Waals surface area contributed by atoms with Gasteiger partial charge in [0.05, 0.1) is 12.8 Å². The molecular weight excluding hydrogens is 212 g/mol. The topological polar surface area (TPSA) is 38.2 Å². The molecule has 0 saturated heterocycles. The Kier molecular flexibility index (Phi) is 3.23. The van der Waals surface area contributed by atoms with Crippen molar-refractivity contribution in [2.75, 3.05) is 13.6 Å². The van der Waals surface area contributed by atoms with E-state index in [0.717, 1.165) is 29.3 Å². The number of nitrogens with two attached hydrogens (primary N) is 1. The quantitative estimate of drug-likeness (QED) is 0.820. The highest BCUT2D eigenvalue weighted by Gasteiger charge is 2.22. The second-order valence-corrected chi connectivity index (χ2v) is 4.06. The first-order chi connectivity index (χ1) is 7.29. The van der Waals surface area contributed by atoms with Gasteiger partial charge in [-0.25, -0.2) is 0 Å². The summed E-state index contributed by atoms with van der Waals surface area (Å²) in [5.74, 6) is 0. The molecular formula is C11H14ClN2O+. The number of oxime groups is 1. The molecule has 0 amide bonds. The third-order valence-electron chi connectivity index (χ3n) is 2.41. The van der Waals surface area contributed by atoms with Crippen LogP contribution in [0, 0.1) is 0 Å². The molecule has 1 aromatic rings. The van der Waals surface area contributed by atoms with E-state index in [-0.39, 0.29) is 6.10 Å². The molecule has 0 spiro atoms. The number of hydrogen-bond donors (Lipinski definition) is 1. The molecule has 0 aromatic heterocycles. The highest BCUT2D eigenvalue weighted by atomic mass is 35.5. The summed E-state index contributed by atoms with van der Waals surface area (Å²) in [6.07, 6.45) is 1.09. The zero-order chi connectivity index (χ0) is 10.7. The lowest BCUT2D eigenvalue weighted by Crippen LogP contribution is -2.82. The van der Waals surface area contributed by atoms with Gasteiger partial charge in [0.25, 0.3) is 0 Å². The first-order valence-corrected chi connectivity index (χ1v) is 5.44. The van der Waals surface area contributed by atoms with Crippen molar-refractivity contribution < 1.29 is 10.2 Å². The third kappa shape index (κ3) is 2.49. The fraction of sp³-hybridized carbons (Fsp3) is 0.364. The summed E-state index contributed by atoms with van der Waals surface area (Å²) >= 11 is 5.82. The minimum absolute atomic E-state index is 0.209. The molecule has 2 rings (SSSR count). The zero-order valence-electron chi connectivity index (χ0n) is 8.61. The summed E-state index contributed by atoms with van der Waals surface area (Å²) in [4.78, 5) is 5.31. The van der Waals surface area contributed by atoms with Crippen LogP contribution in [0.4, 0.5) is 0 Å². The molecule has 0 bridgehead atoms. The molecule has 0 unspecified atom stereocenters. The van der Waals surface area contributed by atoms with Crippen LogP contribution in [0.2, 0.25) is 5.02 Å². The largest absolute Gasteiger partial charge is 0.386 e. The first-order valence-electron chi connectivity index (χ1n) is 5.06. The Morgan fingerprint density at radius 2 is 2.20 bits per heavy atom. The summed E-state index contributed by atoms with van der Waals surface area (Å²) in [5.41, 5.74) is 2.11. The van der Waals surface area contributed by atoms with Crippen LogP contribution in [0.3, 0.4) is 0 Å². The van der Waals surface area contributed by atoms with Gasteiger partial charge in [-0.05, 0) is 17.7 Å². The van der Waals surface area contributed by atoms with Crippen LogP contribution >= 0.6 is 11.6 Å². The monoisotopic (exact) mass is 225 g/mol. The minimum atomic E-state index is 0.209. The number of likely N-dealkylation sites (N-methyl/N-ethyl adjacent to an activating group) is 1. The van der Waals surface area contributed by atoms with Gasteiger partial charge in [0.1, 0.15) is 6.54 Å². The van der Waals surface area contributed by atoms with Crippen LogP contribution in [-0.4, -0.2) is 25.4 Å². The second kappa shape index (κ2) is 4.64. The third-order valence-corrected chi connectivity index (χ3v) is 2.66. The minimum Gasteiger partial charge on any atom is -0.386 e. The number of nitrogens with zero attached hydrogens (tertiary/aromatic N) is 1. The van der Waals surface area contributed by atoms with Crippen LogP contribution in [-0.2, 0) is 4.84 Å². The molecule has 15 heavy (non-hydrogen) atoms. The van der Waals surface area contributed by atoms with Crippen LogP contribution in [0.25, 0.3) is 0 Å². The average molecular weight is 226 g/mol. The smallest absolute Gasteiger partial charge is 0.181 e. The van der Waals surface area contributed by atoms with E-state index in [0.29, 0.717) is 0 Å². The summed E-state index contributed by atoms with van der Waals surface area (Å²) in [7, 11) is 2.03. The van der Waals surface area contributed by atoms with Crippen molar-refractivity contribution >= 4 is 17.3 Å². The van der Waals surface area contributed by atoms with E-state index in [1.807, 2.05) is 31.3 Å². The average Bonchev–Trinajstić information content (AvgIpc) is 2.68. The molecule has 4 heteroatoms. The van der Waals surface area contributed by atoms with E-state index in [1.54, 1.807) is 0 Å². The number of quaternary nitrogens is 1. The lowest BCUT2D eigenvalue weighted by Gasteiger charge is -2.03. The predicted octanol–water partition coefficient (Wildman–Crippen LogP) is 1.03. The van der Waals surface area contributed by atoms with Gasteiger partial charge in [-0.1, -0.05) is 28.9 Å². The highest BCUT2D eigenvalue weighted by molar-refractivity contribution is 6.30. The number of rotatable bonds is 3. The molecule has 1 atom stereocenters. The zero-order valence-corrected chi connectivity index (χ0v) is 9.37. The summed E-state index contributed by atoms with van der Waals surface area (Å²) < 4.78 is 0. The number of hydrogen-bond acceptors (Lipinski definition) is 2. The SMILES string of the molecule is C[NH2+]C[C@H]1CC(c2ccc(Cl)cc2)=NO1. The molecule has 0 radical (unpaired) electrons. The fourth-order valence-electron chi connectivity index (χ4n) is 1.63. The fourth-order valence-corrected chi connectivity index (χ4v) is 1.76. The normalized spacial score (nSPS) is 19.9. The molecule has 0 aliphatic carbocycles. The second-order valence-electron chi connectivity index (χ2n) is 3.62. The Hall–Kier alpha value is -1.06. The van der Waals surface area contributed by atoms with Crippen molar-refractivity contribution in [2.45, 2.75) is 12.5 Å². The standard InChI is InChI=1S/C11H13ClN2O/c1-13-7-10-6-11(14-15-10)8-2-4-9(12)5-3-8/h2-5,10,13H,6-7H2,1H3/p+1/t10-/m1/s1. The molecule has 1 aliphatic rings. The van der Waals surface area contributed by atoms with E-state index in [1.165, 1.54) is 0 Å². The summed E-state index contributed by atoms with van der Waals surface area (Å²) in [5, 5.41) is 6.94. The van der Waals surface area contributed by atoms with Gasteiger partial charge >= 0.3 is 0 Å². The maximum atomic E-state index is 5.82. The Balaban J connectivity index is 2.04. The van der Waals surface area contributed by atoms with Gasteiger partial charge in [0.15, 0.2) is 6.10 Å². The van der Waals surface area contributed by atoms with Gasteiger partial charge in [-0.3, -0.25) is 0 Å². The molecule has 0 saturated carbocycles. The van der Waals surface area contributed by atoms with Crippen molar-refractivity contribution in [3.8, 4) is 0 Å². The van der Waals surface area contributed by atoms with Gasteiger partial charge in [0.2, 0.25) is 0 Å². The maximum Gasteiger partial charge on any atom is 0.181 e. The molecule has 1 heterocycles. The lowest BCUT2D eigenvalue weighted by molar-refractivity contribution is -0.633. The number of benzene rings is 1. The van der Waals surface area contributed by atoms with Crippen LogP contribution in [0.1, 0.15) is 12.0 Å². The molecule has 1 aliphatic heterocycles. The Morgan fingerprint density at radius 1 is 1.47 bits per heavy atom. The van der Waals surface area contributed by atoms with Crippen LogP contribution in [0.15, 0.2) is 29.4 Å². The van der Waals surface area contributed by atoms with Gasteiger partial charge in [-0.15, -0.1) is 0 Å². The van der Waals surface area contributed by atoms with Crippen molar-refractivity contribution in [1.29, 1.82) is 0 Å². The van der Waals surface area contributed by atoms with Crippen molar-refractivity contribution in [3.05, 3.63) is 34.9 Å². The summed E-state index contributed by atoms with van der Waals surface area (Å²) in [6, 6.07) is 7.70. The van der Waals surface area contributed by atoms with Crippen molar-refractivity contribution in [3.63, 3.8) is 0 Å². The van der Waals surface area contributed by atoms with Crippen molar-refractivity contribution in [1.82, 2.24) is 0 Å². The van der Waals surface area contributed by atoms with E-state index in [2.05, 4.69) is 10.5 Å². The molecule has 80 valence electrons. The van der Waals surface area contributed by atoms with E-state index in [4.69, 9.17) is 16.4 Å². The van der Waals surface area contributed by atoms with Gasteiger partial charge < -0.3 is 10.2 Å². The molecule has 1 aromatic carbocycles. The Morgan fingerprint density at radius 3 is 2.87 bits per heavy atom. The van der Waals surface area contributed by atoms with E-state index < -0.39 is 0 Å². The van der Waals surface area contributed by atoms with Crippen LogP contribution in [0.5, 0.6) is 0 Å². The summed E-state index contributed by atoms with van der Waals surface area (Å²) in [6.45, 7) is 0.945. The Bertz CT molecular complexity index is 361. The first kappa shape index (κ1) is 10.5. The van der Waals surface area contributed by atoms with Gasteiger partial charge in [-0.2, -0.15) is 0 Å². The lowest BCUT2D eigenvalue weighted by atomic mass is 10.1. The van der Waals surface area contributed by atoms with E-state index in [9.17, 15) is 0 Å². The van der Waals surface area contributed by atoms with E-state index >= 15 is 0 Å². The molecule has 2 N–H and O–H groups in total. The Labute approximate surface area is 94.1 Å². The van der Waals surface area contributed by atoms with Gasteiger partial charge in [0, 0.05) is 11.4 Å². The predicted molar refractivity (Wildman–Crippen MR) is 60.2 cm³/mol.